The van der Waals surface area contributed by atoms with Crippen molar-refractivity contribution < 1.29 is 4.79 Å². The third-order valence-electron chi connectivity index (χ3n) is 4.91. The molecule has 1 aromatic carbocycles. The maximum atomic E-state index is 12.2. The Labute approximate surface area is 147 Å². The average molecular weight is 339 g/mol. The summed E-state index contributed by atoms with van der Waals surface area (Å²) < 4.78 is 1.81. The summed E-state index contributed by atoms with van der Waals surface area (Å²) in [4.78, 5) is 15.6. The van der Waals surface area contributed by atoms with E-state index >= 15 is 0 Å². The second-order valence-corrected chi connectivity index (χ2v) is 6.61. The largest absolute Gasteiger partial charge is 0.358 e. The Kier molecular flexibility index (Phi) is 4.53. The molecule has 3 N–H and O–H groups in total. The van der Waals surface area contributed by atoms with Gasteiger partial charge in [0.1, 0.15) is 0 Å². The Morgan fingerprint density at radius 1 is 1.32 bits per heavy atom. The lowest BCUT2D eigenvalue weighted by Gasteiger charge is -2.14. The molecule has 0 fully saturated rings. The van der Waals surface area contributed by atoms with Crippen LogP contribution in [0.2, 0.25) is 0 Å². The standard InChI is InChI=1S/C19H25N5O/c1-11-12(2)22-18-7-6-15(8-16(11)18)9-20-19(25)23-13(3)17-10-21-24(5)14(17)4/h6-8,10,13,22H,9H2,1-5H3,(H2,20,23,25)/t13-/m1/s1. The number of carbonyl (C=O) groups is 1. The van der Waals surface area contributed by atoms with Crippen LogP contribution in [0.15, 0.2) is 24.4 Å². The number of amides is 2. The van der Waals surface area contributed by atoms with Gasteiger partial charge >= 0.3 is 6.03 Å². The van der Waals surface area contributed by atoms with Crippen LogP contribution in [0.5, 0.6) is 0 Å². The number of aryl methyl sites for hydroxylation is 3. The molecule has 132 valence electrons. The molecule has 0 radical (unpaired) electrons. The van der Waals surface area contributed by atoms with Gasteiger partial charge in [0, 0.05) is 41.4 Å². The predicted molar refractivity (Wildman–Crippen MR) is 99.5 cm³/mol. The molecule has 0 aliphatic heterocycles. The van der Waals surface area contributed by atoms with Crippen molar-refractivity contribution in [2.24, 2.45) is 7.05 Å². The molecule has 3 aromatic rings. The van der Waals surface area contributed by atoms with Crippen molar-refractivity contribution in [3.8, 4) is 0 Å². The van der Waals surface area contributed by atoms with Crippen LogP contribution in [0.3, 0.4) is 0 Å². The highest BCUT2D eigenvalue weighted by Crippen LogP contribution is 2.22. The maximum Gasteiger partial charge on any atom is 0.315 e. The van der Waals surface area contributed by atoms with E-state index in [-0.39, 0.29) is 12.1 Å². The zero-order valence-electron chi connectivity index (χ0n) is 15.4. The number of nitrogens with one attached hydrogen (secondary N) is 3. The van der Waals surface area contributed by atoms with Crippen molar-refractivity contribution in [1.82, 2.24) is 25.4 Å². The van der Waals surface area contributed by atoms with Crippen LogP contribution in [0, 0.1) is 20.8 Å². The van der Waals surface area contributed by atoms with Crippen LogP contribution in [0.4, 0.5) is 4.79 Å². The van der Waals surface area contributed by atoms with E-state index in [1.54, 1.807) is 6.20 Å². The SMILES string of the molecule is Cc1[nH]c2ccc(CNC(=O)N[C@H](C)c3cnn(C)c3C)cc2c1C. The van der Waals surface area contributed by atoms with Gasteiger partial charge in [-0.2, -0.15) is 5.10 Å². The molecule has 0 saturated carbocycles. The summed E-state index contributed by atoms with van der Waals surface area (Å²) in [5.41, 5.74) is 6.72. The van der Waals surface area contributed by atoms with Crippen molar-refractivity contribution in [1.29, 1.82) is 0 Å². The van der Waals surface area contributed by atoms with E-state index in [1.807, 2.05) is 31.6 Å². The number of aromatic amines is 1. The molecule has 0 bridgehead atoms. The van der Waals surface area contributed by atoms with Gasteiger partial charge in [-0.05, 0) is 51.0 Å². The summed E-state index contributed by atoms with van der Waals surface area (Å²) in [5, 5.41) is 11.3. The van der Waals surface area contributed by atoms with Gasteiger partial charge in [0.05, 0.1) is 12.2 Å². The molecule has 0 spiro atoms. The molecule has 6 nitrogen and oxygen atoms in total. The van der Waals surface area contributed by atoms with E-state index in [0.29, 0.717) is 6.54 Å². The first-order chi connectivity index (χ1) is 11.9. The lowest BCUT2D eigenvalue weighted by atomic mass is 10.1. The van der Waals surface area contributed by atoms with E-state index < -0.39 is 0 Å². The lowest BCUT2D eigenvalue weighted by Crippen LogP contribution is -2.36. The van der Waals surface area contributed by atoms with Gasteiger partial charge in [0.15, 0.2) is 0 Å². The first kappa shape index (κ1) is 17.1. The number of carbonyl (C=O) groups excluding carboxylic acids is 1. The van der Waals surface area contributed by atoms with Gasteiger partial charge < -0.3 is 15.6 Å². The molecule has 25 heavy (non-hydrogen) atoms. The van der Waals surface area contributed by atoms with Crippen LogP contribution in [-0.4, -0.2) is 20.8 Å². The van der Waals surface area contributed by atoms with Crippen molar-refractivity contribution in [2.75, 3.05) is 0 Å². The number of nitrogens with zero attached hydrogens (tertiary/aromatic N) is 2. The summed E-state index contributed by atoms with van der Waals surface area (Å²) in [7, 11) is 1.90. The Morgan fingerprint density at radius 3 is 2.76 bits per heavy atom. The van der Waals surface area contributed by atoms with E-state index in [1.165, 1.54) is 16.6 Å². The zero-order valence-corrected chi connectivity index (χ0v) is 15.4. The predicted octanol–water partition coefficient (Wildman–Crippen LogP) is 3.39. The third kappa shape index (κ3) is 3.38. The van der Waals surface area contributed by atoms with Crippen molar-refractivity contribution in [2.45, 2.75) is 40.3 Å². The second kappa shape index (κ2) is 6.63. The molecular weight excluding hydrogens is 314 g/mol. The fraction of sp³-hybridized carbons (Fsp3) is 0.368. The Balaban J connectivity index is 1.62. The molecule has 0 aliphatic rings. The molecule has 0 unspecified atom stereocenters. The minimum absolute atomic E-state index is 0.0919. The highest BCUT2D eigenvalue weighted by atomic mass is 16.2. The highest BCUT2D eigenvalue weighted by Gasteiger charge is 2.14. The minimum atomic E-state index is -0.183. The van der Waals surface area contributed by atoms with Crippen LogP contribution in [-0.2, 0) is 13.6 Å². The van der Waals surface area contributed by atoms with Gasteiger partial charge in [-0.25, -0.2) is 4.79 Å². The monoisotopic (exact) mass is 339 g/mol. The first-order valence-electron chi connectivity index (χ1n) is 8.47. The Morgan fingerprint density at radius 2 is 2.08 bits per heavy atom. The minimum Gasteiger partial charge on any atom is -0.358 e. The molecule has 6 heteroatoms. The van der Waals surface area contributed by atoms with E-state index in [9.17, 15) is 4.79 Å². The van der Waals surface area contributed by atoms with Gasteiger partial charge in [0.2, 0.25) is 0 Å². The van der Waals surface area contributed by atoms with Crippen LogP contribution in [0.25, 0.3) is 10.9 Å². The summed E-state index contributed by atoms with van der Waals surface area (Å²) in [5.74, 6) is 0. The number of urea groups is 1. The normalized spacial score (nSPS) is 12.4. The van der Waals surface area contributed by atoms with Gasteiger partial charge in [-0.15, -0.1) is 0 Å². The molecule has 1 atom stereocenters. The quantitative estimate of drug-likeness (QED) is 0.681. The van der Waals surface area contributed by atoms with Crippen molar-refractivity contribution in [3.63, 3.8) is 0 Å². The fourth-order valence-corrected chi connectivity index (χ4v) is 3.07. The van der Waals surface area contributed by atoms with E-state index in [2.05, 4.69) is 46.7 Å². The smallest absolute Gasteiger partial charge is 0.315 e. The number of hydrogen-bond acceptors (Lipinski definition) is 2. The number of rotatable bonds is 4. The van der Waals surface area contributed by atoms with Crippen LogP contribution in [0.1, 0.15) is 41.0 Å². The van der Waals surface area contributed by atoms with E-state index in [0.717, 1.165) is 22.3 Å². The summed E-state index contributed by atoms with van der Waals surface area (Å²) in [6.07, 6.45) is 1.80. The molecule has 2 aromatic heterocycles. The van der Waals surface area contributed by atoms with E-state index in [4.69, 9.17) is 0 Å². The number of H-pyrrole nitrogens is 1. The maximum absolute atomic E-state index is 12.2. The summed E-state index contributed by atoms with van der Waals surface area (Å²) in [6.45, 7) is 8.62. The van der Waals surface area contributed by atoms with Gasteiger partial charge in [0.25, 0.3) is 0 Å². The summed E-state index contributed by atoms with van der Waals surface area (Å²) >= 11 is 0. The molecular formula is C19H25N5O. The lowest BCUT2D eigenvalue weighted by molar-refractivity contribution is 0.237. The second-order valence-electron chi connectivity index (χ2n) is 6.61. The Bertz CT molecular complexity index is 921. The number of benzene rings is 1. The van der Waals surface area contributed by atoms with Crippen molar-refractivity contribution >= 4 is 16.9 Å². The summed E-state index contributed by atoms with van der Waals surface area (Å²) in [6, 6.07) is 5.95. The molecule has 0 saturated heterocycles. The van der Waals surface area contributed by atoms with Crippen LogP contribution < -0.4 is 10.6 Å². The number of fused-ring (bicyclic) bond motifs is 1. The van der Waals surface area contributed by atoms with Gasteiger partial charge in [-0.1, -0.05) is 6.07 Å². The fourth-order valence-electron chi connectivity index (χ4n) is 3.07. The number of hydrogen-bond donors (Lipinski definition) is 3. The van der Waals surface area contributed by atoms with Gasteiger partial charge in [-0.3, -0.25) is 4.68 Å². The topological polar surface area (TPSA) is 74.7 Å². The average Bonchev–Trinajstić information content (AvgIpc) is 3.06. The first-order valence-corrected chi connectivity index (χ1v) is 8.47. The molecule has 2 amide bonds. The van der Waals surface area contributed by atoms with Crippen molar-refractivity contribution in [3.05, 3.63) is 52.5 Å². The number of aromatic nitrogens is 3. The third-order valence-corrected chi connectivity index (χ3v) is 4.91. The molecule has 0 aliphatic carbocycles. The zero-order chi connectivity index (χ0) is 18.1. The Hall–Kier alpha value is -2.76. The highest BCUT2D eigenvalue weighted by molar-refractivity contribution is 5.85. The molecule has 3 rings (SSSR count). The van der Waals surface area contributed by atoms with Crippen LogP contribution >= 0.6 is 0 Å². The molecule has 2 heterocycles.